The number of ether oxygens (including phenoxy) is 1. The molecule has 0 amide bonds. The second-order valence-electron chi connectivity index (χ2n) is 4.66. The smallest absolute Gasteiger partial charge is 0.409 e. The Hall–Kier alpha value is -1.56. The Balaban J connectivity index is 2.89. The molecule has 0 heterocycles. The van der Waals surface area contributed by atoms with E-state index in [1.807, 2.05) is 13.3 Å². The van der Waals surface area contributed by atoms with E-state index in [4.69, 9.17) is 15.9 Å². The molecule has 4 N–H and O–H groups in total. The molecule has 114 valence electrons. The van der Waals surface area contributed by atoms with Crippen LogP contribution in [0.25, 0.3) is 10.8 Å². The van der Waals surface area contributed by atoms with Gasteiger partial charge in [0.15, 0.2) is 11.6 Å². The van der Waals surface area contributed by atoms with Crippen molar-refractivity contribution in [2.45, 2.75) is 6.23 Å². The monoisotopic (exact) mass is 319 g/mol. The number of anilines is 1. The summed E-state index contributed by atoms with van der Waals surface area (Å²) in [4.78, 5) is 0. The Bertz CT molecular complexity index is 701. The molecular formula is C13H13F3NO3P. The third kappa shape index (κ3) is 3.20. The summed E-state index contributed by atoms with van der Waals surface area (Å²) >= 11 is 0. The van der Waals surface area contributed by atoms with Crippen LogP contribution in [-0.2, 0) is 0 Å². The molecule has 2 rings (SSSR count). The molecule has 0 aromatic heterocycles. The first-order valence-corrected chi connectivity index (χ1v) is 8.05. The number of halogens is 3. The summed E-state index contributed by atoms with van der Waals surface area (Å²) in [5.41, 5.74) is 6.03. The lowest BCUT2D eigenvalue weighted by Crippen LogP contribution is -2.30. The van der Waals surface area contributed by atoms with Crippen LogP contribution in [0.15, 0.2) is 18.2 Å². The number of rotatable bonds is 3. The van der Waals surface area contributed by atoms with Crippen molar-refractivity contribution in [2.75, 3.05) is 19.1 Å². The lowest BCUT2D eigenvalue weighted by Gasteiger charge is -2.19. The van der Waals surface area contributed by atoms with Gasteiger partial charge in [0.2, 0.25) is 5.82 Å². The number of alkyl halides is 1. The van der Waals surface area contributed by atoms with E-state index in [0.717, 1.165) is 6.07 Å². The summed E-state index contributed by atoms with van der Waals surface area (Å²) in [6.07, 6.45) is -4.12. The first kappa shape index (κ1) is 15.8. The number of benzene rings is 2. The number of nitrogen functional groups attached to an aromatic ring is 1. The van der Waals surface area contributed by atoms with E-state index in [2.05, 4.69) is 4.74 Å². The van der Waals surface area contributed by atoms with Crippen molar-refractivity contribution in [1.29, 1.82) is 0 Å². The SMILES string of the molecule is CP(C)c1cc(N)cc2cc(F)c(F)c(OC(O)(O)F)c12. The second kappa shape index (κ2) is 5.33. The van der Waals surface area contributed by atoms with Gasteiger partial charge in [-0.05, 0) is 42.2 Å². The molecule has 0 aliphatic heterocycles. The average molecular weight is 319 g/mol. The van der Waals surface area contributed by atoms with Crippen LogP contribution in [-0.4, -0.2) is 29.8 Å². The first-order chi connectivity index (χ1) is 9.60. The maximum absolute atomic E-state index is 13.9. The predicted molar refractivity (Wildman–Crippen MR) is 75.6 cm³/mol. The maximum Gasteiger partial charge on any atom is 0.492 e. The van der Waals surface area contributed by atoms with E-state index < -0.39 is 31.5 Å². The fourth-order valence-corrected chi connectivity index (χ4v) is 3.11. The highest BCUT2D eigenvalue weighted by molar-refractivity contribution is 7.64. The highest BCUT2D eigenvalue weighted by Crippen LogP contribution is 2.38. The summed E-state index contributed by atoms with van der Waals surface area (Å²) in [6, 6.07) is 3.79. The second-order valence-corrected chi connectivity index (χ2v) is 6.94. The van der Waals surface area contributed by atoms with Gasteiger partial charge in [-0.25, -0.2) is 4.39 Å². The van der Waals surface area contributed by atoms with E-state index in [0.29, 0.717) is 11.0 Å². The summed E-state index contributed by atoms with van der Waals surface area (Å²) in [5, 5.41) is 18.1. The minimum atomic E-state index is -4.12. The van der Waals surface area contributed by atoms with Crippen LogP contribution in [0.4, 0.5) is 18.9 Å². The molecule has 0 aliphatic rings. The molecular weight excluding hydrogens is 306 g/mol. The number of fused-ring (bicyclic) bond motifs is 1. The van der Waals surface area contributed by atoms with Gasteiger partial charge in [0.05, 0.1) is 0 Å². The third-order valence-corrected chi connectivity index (χ3v) is 4.12. The van der Waals surface area contributed by atoms with Crippen LogP contribution >= 0.6 is 7.92 Å². The Morgan fingerprint density at radius 2 is 1.81 bits per heavy atom. The lowest BCUT2D eigenvalue weighted by atomic mass is 10.1. The Labute approximate surface area is 119 Å². The minimum Gasteiger partial charge on any atom is -0.409 e. The van der Waals surface area contributed by atoms with Gasteiger partial charge in [0.25, 0.3) is 0 Å². The standard InChI is InChI=1S/C13H13F3NO3P/c1-21(2)9-5-7(17)3-6-4-8(14)11(15)12(10(6)9)20-13(16,18)19/h3-5,18-19H,17H2,1-2H3. The molecule has 0 spiro atoms. The van der Waals surface area contributed by atoms with Crippen molar-refractivity contribution in [1.82, 2.24) is 0 Å². The quantitative estimate of drug-likeness (QED) is 0.460. The van der Waals surface area contributed by atoms with Gasteiger partial charge in [0.1, 0.15) is 0 Å². The minimum absolute atomic E-state index is 0.0596. The van der Waals surface area contributed by atoms with Gasteiger partial charge in [-0.2, -0.15) is 4.39 Å². The highest BCUT2D eigenvalue weighted by atomic mass is 31.1. The van der Waals surface area contributed by atoms with Gasteiger partial charge >= 0.3 is 6.23 Å². The number of hydrogen-bond acceptors (Lipinski definition) is 4. The van der Waals surface area contributed by atoms with Crippen LogP contribution in [0.5, 0.6) is 5.75 Å². The first-order valence-electron chi connectivity index (χ1n) is 5.81. The molecule has 0 bridgehead atoms. The van der Waals surface area contributed by atoms with Crippen LogP contribution in [0.2, 0.25) is 0 Å². The molecule has 0 aliphatic carbocycles. The Morgan fingerprint density at radius 3 is 2.33 bits per heavy atom. The zero-order chi connectivity index (χ0) is 15.9. The normalized spacial score (nSPS) is 12.2. The fraction of sp³-hybridized carbons (Fsp3) is 0.231. The van der Waals surface area contributed by atoms with Gasteiger partial charge in [0, 0.05) is 11.1 Å². The summed E-state index contributed by atoms with van der Waals surface area (Å²) in [6.45, 7) is 3.66. The maximum atomic E-state index is 13.9. The van der Waals surface area contributed by atoms with E-state index in [9.17, 15) is 13.2 Å². The van der Waals surface area contributed by atoms with E-state index in [1.165, 1.54) is 12.1 Å². The van der Waals surface area contributed by atoms with Crippen LogP contribution in [0, 0.1) is 11.6 Å². The van der Waals surface area contributed by atoms with Gasteiger partial charge in [-0.1, -0.05) is 7.92 Å². The zero-order valence-corrected chi connectivity index (χ0v) is 12.1. The van der Waals surface area contributed by atoms with E-state index in [-0.39, 0.29) is 10.8 Å². The lowest BCUT2D eigenvalue weighted by molar-refractivity contribution is -0.375. The van der Waals surface area contributed by atoms with Crippen molar-refractivity contribution in [2.24, 2.45) is 0 Å². The molecule has 0 fully saturated rings. The van der Waals surface area contributed by atoms with Crippen LogP contribution < -0.4 is 15.8 Å². The van der Waals surface area contributed by atoms with Crippen molar-refractivity contribution >= 4 is 29.7 Å². The van der Waals surface area contributed by atoms with Gasteiger partial charge in [-0.15, -0.1) is 4.39 Å². The highest BCUT2D eigenvalue weighted by Gasteiger charge is 2.30. The number of nitrogens with two attached hydrogens (primary N) is 1. The molecule has 0 saturated carbocycles. The molecule has 0 atom stereocenters. The third-order valence-electron chi connectivity index (χ3n) is 2.80. The molecule has 8 heteroatoms. The molecule has 4 nitrogen and oxygen atoms in total. The molecule has 0 radical (unpaired) electrons. The van der Waals surface area contributed by atoms with Crippen molar-refractivity contribution < 1.29 is 28.1 Å². The topological polar surface area (TPSA) is 75.7 Å². The predicted octanol–water partition coefficient (Wildman–Crippen LogP) is 2.01. The van der Waals surface area contributed by atoms with E-state index in [1.54, 1.807) is 0 Å². The van der Waals surface area contributed by atoms with E-state index >= 15 is 0 Å². The van der Waals surface area contributed by atoms with Crippen LogP contribution in [0.3, 0.4) is 0 Å². The molecule has 0 unspecified atom stereocenters. The fourth-order valence-electron chi connectivity index (χ4n) is 2.03. The molecule has 2 aromatic carbocycles. The van der Waals surface area contributed by atoms with Crippen molar-refractivity contribution in [3.63, 3.8) is 0 Å². The molecule has 0 saturated heterocycles. The average Bonchev–Trinajstić information content (AvgIpc) is 2.32. The van der Waals surface area contributed by atoms with Crippen molar-refractivity contribution in [3.8, 4) is 5.75 Å². The number of aliphatic hydroxyl groups is 2. The largest absolute Gasteiger partial charge is 0.492 e. The van der Waals surface area contributed by atoms with Gasteiger partial charge in [-0.3, -0.25) is 0 Å². The van der Waals surface area contributed by atoms with Crippen molar-refractivity contribution in [3.05, 3.63) is 29.8 Å². The summed E-state index contributed by atoms with van der Waals surface area (Å²) in [5.74, 6) is -3.71. The summed E-state index contributed by atoms with van der Waals surface area (Å²) < 4.78 is 44.5. The Morgan fingerprint density at radius 1 is 1.19 bits per heavy atom. The zero-order valence-electron chi connectivity index (χ0n) is 11.2. The molecule has 2 aromatic rings. The number of hydrogen-bond donors (Lipinski definition) is 3. The van der Waals surface area contributed by atoms with Crippen LogP contribution in [0.1, 0.15) is 0 Å². The summed E-state index contributed by atoms with van der Waals surface area (Å²) in [7, 11) is -0.826. The van der Waals surface area contributed by atoms with Gasteiger partial charge < -0.3 is 20.7 Å². The molecule has 21 heavy (non-hydrogen) atoms. The Kier molecular flexibility index (Phi) is 4.02.